The minimum Gasteiger partial charge on any atom is -0.496 e. The van der Waals surface area contributed by atoms with E-state index >= 15 is 0 Å². The van der Waals surface area contributed by atoms with Gasteiger partial charge >= 0.3 is 0 Å². The number of fused-ring (bicyclic) bond motifs is 1. The molecule has 5 heteroatoms. The molecule has 1 saturated heterocycles. The fourth-order valence-electron chi connectivity index (χ4n) is 4.33. The Morgan fingerprint density at radius 3 is 2.41 bits per heavy atom. The molecule has 1 fully saturated rings. The van der Waals surface area contributed by atoms with E-state index in [-0.39, 0.29) is 5.91 Å². The molecule has 32 heavy (non-hydrogen) atoms. The molecule has 0 unspecified atom stereocenters. The van der Waals surface area contributed by atoms with Crippen LogP contribution in [0.5, 0.6) is 5.75 Å². The van der Waals surface area contributed by atoms with Gasteiger partial charge in [0.25, 0.3) is 0 Å². The number of hydrogen-bond acceptors (Lipinski definition) is 4. The Labute approximate surface area is 191 Å². The van der Waals surface area contributed by atoms with Crippen LogP contribution in [0.25, 0.3) is 10.8 Å². The Morgan fingerprint density at radius 1 is 1.06 bits per heavy atom. The van der Waals surface area contributed by atoms with Crippen molar-refractivity contribution in [2.24, 2.45) is 0 Å². The van der Waals surface area contributed by atoms with Gasteiger partial charge in [-0.05, 0) is 69.6 Å². The number of nitrogens with zero attached hydrogens (tertiary/aromatic N) is 2. The molecule has 1 heterocycles. The molecule has 1 N–H and O–H groups in total. The Balaban J connectivity index is 1.60. The maximum Gasteiger partial charge on any atom is 0.234 e. The van der Waals surface area contributed by atoms with Crippen LogP contribution in [0.1, 0.15) is 25.0 Å². The summed E-state index contributed by atoms with van der Waals surface area (Å²) in [7, 11) is 5.91. The minimum atomic E-state index is -0.721. The highest BCUT2D eigenvalue weighted by Gasteiger charge is 2.33. The van der Waals surface area contributed by atoms with E-state index in [0.717, 1.165) is 52.1 Å². The molecule has 5 nitrogen and oxygen atoms in total. The second-order valence-electron chi connectivity index (χ2n) is 9.46. The maximum atomic E-state index is 13.5. The largest absolute Gasteiger partial charge is 0.496 e. The van der Waals surface area contributed by atoms with E-state index in [1.807, 2.05) is 51.1 Å². The van der Waals surface area contributed by atoms with Crippen molar-refractivity contribution in [3.63, 3.8) is 0 Å². The summed E-state index contributed by atoms with van der Waals surface area (Å²) in [6.07, 6.45) is 0. The summed E-state index contributed by atoms with van der Waals surface area (Å²) in [6.45, 7) is 8.01. The van der Waals surface area contributed by atoms with Crippen LogP contribution in [0.4, 0.5) is 11.4 Å². The monoisotopic (exact) mass is 431 g/mol. The van der Waals surface area contributed by atoms with Gasteiger partial charge in [0.2, 0.25) is 5.91 Å². The van der Waals surface area contributed by atoms with Crippen LogP contribution < -0.4 is 15.0 Å². The SMILES string of the molecule is COc1ccc(C(C)(C)C(=O)Nc2cc(N3CC(N(C)C)C3)ccc2C)c2ccccc12. The molecule has 1 aliphatic rings. The second-order valence-corrected chi connectivity index (χ2v) is 9.46. The van der Waals surface area contributed by atoms with Crippen LogP contribution >= 0.6 is 0 Å². The van der Waals surface area contributed by atoms with Crippen molar-refractivity contribution in [2.45, 2.75) is 32.2 Å². The third kappa shape index (κ3) is 3.93. The standard InChI is InChI=1S/C27H33N3O2/c1-18-11-12-19(30-16-20(17-30)29(4)5)15-24(18)28-26(31)27(2,3)23-13-14-25(32-6)22-10-8-7-9-21(22)23/h7-15,20H,16-17H2,1-6H3,(H,28,31). The van der Waals surface area contributed by atoms with Crippen molar-refractivity contribution >= 4 is 28.1 Å². The van der Waals surface area contributed by atoms with E-state index in [1.165, 1.54) is 0 Å². The van der Waals surface area contributed by atoms with Gasteiger partial charge in [-0.15, -0.1) is 0 Å². The third-order valence-electron chi connectivity index (χ3n) is 6.77. The summed E-state index contributed by atoms with van der Waals surface area (Å²) in [4.78, 5) is 18.1. The van der Waals surface area contributed by atoms with Crippen molar-refractivity contribution in [2.75, 3.05) is 44.5 Å². The van der Waals surface area contributed by atoms with Crippen LogP contribution in [0, 0.1) is 6.92 Å². The van der Waals surface area contributed by atoms with Crippen LogP contribution in [0.3, 0.4) is 0 Å². The topological polar surface area (TPSA) is 44.8 Å². The van der Waals surface area contributed by atoms with Crippen molar-refractivity contribution in [1.82, 2.24) is 4.90 Å². The molecule has 1 amide bonds. The molecule has 3 aromatic rings. The van der Waals surface area contributed by atoms with Gasteiger partial charge in [-0.25, -0.2) is 0 Å². The quantitative estimate of drug-likeness (QED) is 0.608. The Kier molecular flexibility index (Phi) is 5.87. The summed E-state index contributed by atoms with van der Waals surface area (Å²) >= 11 is 0. The molecule has 4 rings (SSSR count). The van der Waals surface area contributed by atoms with Crippen LogP contribution in [-0.4, -0.2) is 51.1 Å². The Morgan fingerprint density at radius 2 is 1.75 bits per heavy atom. The average Bonchev–Trinajstić information content (AvgIpc) is 2.73. The lowest BCUT2D eigenvalue weighted by atomic mass is 9.80. The lowest BCUT2D eigenvalue weighted by Gasteiger charge is -2.44. The van der Waals surface area contributed by atoms with E-state index in [9.17, 15) is 4.79 Å². The number of ether oxygens (including phenoxy) is 1. The minimum absolute atomic E-state index is 0.0251. The zero-order valence-electron chi connectivity index (χ0n) is 19.9. The number of rotatable bonds is 6. The number of amides is 1. The number of benzene rings is 3. The zero-order valence-corrected chi connectivity index (χ0v) is 19.9. The highest BCUT2D eigenvalue weighted by Crippen LogP contribution is 2.36. The first-order valence-electron chi connectivity index (χ1n) is 11.1. The summed E-state index contributed by atoms with van der Waals surface area (Å²) in [6, 6.07) is 18.9. The predicted octanol–water partition coefficient (Wildman–Crippen LogP) is 4.82. The van der Waals surface area contributed by atoms with Gasteiger partial charge in [-0.1, -0.05) is 36.4 Å². The molecular formula is C27H33N3O2. The molecule has 168 valence electrons. The first-order chi connectivity index (χ1) is 15.2. The fraction of sp³-hybridized carbons (Fsp3) is 0.370. The summed E-state index contributed by atoms with van der Waals surface area (Å²) in [5.41, 5.74) is 3.34. The van der Waals surface area contributed by atoms with Crippen LogP contribution in [-0.2, 0) is 10.2 Å². The maximum absolute atomic E-state index is 13.5. The van der Waals surface area contributed by atoms with Crippen LogP contribution in [0.2, 0.25) is 0 Å². The summed E-state index contributed by atoms with van der Waals surface area (Å²) in [5.74, 6) is 0.789. The molecule has 0 radical (unpaired) electrons. The van der Waals surface area contributed by atoms with Gasteiger partial charge in [-0.2, -0.15) is 0 Å². The average molecular weight is 432 g/mol. The first kappa shape index (κ1) is 22.2. The lowest BCUT2D eigenvalue weighted by molar-refractivity contribution is -0.120. The summed E-state index contributed by atoms with van der Waals surface area (Å²) in [5, 5.41) is 5.26. The molecule has 1 aliphatic heterocycles. The van der Waals surface area contributed by atoms with Gasteiger partial charge in [0.15, 0.2) is 0 Å². The molecular weight excluding hydrogens is 398 g/mol. The highest BCUT2D eigenvalue weighted by molar-refractivity contribution is 6.03. The summed E-state index contributed by atoms with van der Waals surface area (Å²) < 4.78 is 5.53. The first-order valence-corrected chi connectivity index (χ1v) is 11.1. The van der Waals surface area contributed by atoms with Gasteiger partial charge in [0.1, 0.15) is 5.75 Å². The number of anilines is 2. The van der Waals surface area contributed by atoms with Gasteiger partial charge in [0, 0.05) is 35.9 Å². The number of likely N-dealkylation sites (N-methyl/N-ethyl adjacent to an activating group) is 1. The van der Waals surface area contributed by atoms with E-state index in [2.05, 4.69) is 53.5 Å². The van der Waals surface area contributed by atoms with Crippen molar-refractivity contribution in [3.05, 3.63) is 65.7 Å². The zero-order chi connectivity index (χ0) is 23.0. The van der Waals surface area contributed by atoms with E-state index in [1.54, 1.807) is 7.11 Å². The van der Waals surface area contributed by atoms with E-state index in [0.29, 0.717) is 6.04 Å². The molecule has 0 spiro atoms. The number of carbonyl (C=O) groups excluding carboxylic acids is 1. The lowest BCUT2D eigenvalue weighted by Crippen LogP contribution is -2.57. The normalized spacial score (nSPS) is 14.5. The van der Waals surface area contributed by atoms with Gasteiger partial charge in [-0.3, -0.25) is 4.79 Å². The molecule has 3 aromatic carbocycles. The number of aryl methyl sites for hydroxylation is 1. The Hall–Kier alpha value is -3.05. The number of nitrogens with one attached hydrogen (secondary N) is 1. The Bertz CT molecular complexity index is 1150. The molecule has 0 atom stereocenters. The van der Waals surface area contributed by atoms with Gasteiger partial charge in [0.05, 0.1) is 12.5 Å². The second kappa shape index (κ2) is 8.47. The van der Waals surface area contributed by atoms with Crippen LogP contribution in [0.15, 0.2) is 54.6 Å². The molecule has 0 saturated carbocycles. The van der Waals surface area contributed by atoms with Crippen molar-refractivity contribution in [3.8, 4) is 5.75 Å². The van der Waals surface area contributed by atoms with Gasteiger partial charge < -0.3 is 19.9 Å². The van der Waals surface area contributed by atoms with E-state index < -0.39 is 5.41 Å². The number of methoxy groups -OCH3 is 1. The number of hydrogen-bond donors (Lipinski definition) is 1. The van der Waals surface area contributed by atoms with E-state index in [4.69, 9.17) is 4.74 Å². The fourth-order valence-corrected chi connectivity index (χ4v) is 4.33. The van der Waals surface area contributed by atoms with Crippen molar-refractivity contribution < 1.29 is 9.53 Å². The van der Waals surface area contributed by atoms with Crippen molar-refractivity contribution in [1.29, 1.82) is 0 Å². The smallest absolute Gasteiger partial charge is 0.234 e. The number of carbonyl (C=O) groups is 1. The molecule has 0 aliphatic carbocycles. The molecule has 0 bridgehead atoms. The molecule has 0 aromatic heterocycles. The predicted molar refractivity (Wildman–Crippen MR) is 133 cm³/mol. The highest BCUT2D eigenvalue weighted by atomic mass is 16.5. The third-order valence-corrected chi connectivity index (χ3v) is 6.77.